The number of nitrogens with zero attached hydrogens (tertiary/aromatic N) is 5. The lowest BCUT2D eigenvalue weighted by atomic mass is 10.1. The first-order chi connectivity index (χ1) is 14.9. The van der Waals surface area contributed by atoms with Gasteiger partial charge >= 0.3 is 6.09 Å². The number of nitrogens with two attached hydrogens (primary N) is 1. The Balaban J connectivity index is 1.61. The van der Waals surface area contributed by atoms with E-state index in [2.05, 4.69) is 14.9 Å². The van der Waals surface area contributed by atoms with Gasteiger partial charge in [0.1, 0.15) is 0 Å². The molecule has 0 unspecified atom stereocenters. The topological polar surface area (TPSA) is 105 Å². The first-order valence-electron chi connectivity index (χ1n) is 10.4. The lowest BCUT2D eigenvalue weighted by molar-refractivity contribution is -0.128. The molecule has 9 heteroatoms. The minimum atomic E-state index is -0.274. The highest BCUT2D eigenvalue weighted by Gasteiger charge is 2.24. The zero-order valence-electron chi connectivity index (χ0n) is 18.3. The highest BCUT2D eigenvalue weighted by Crippen LogP contribution is 2.21. The summed E-state index contributed by atoms with van der Waals surface area (Å²) >= 11 is 0. The number of carbonyl (C=O) groups excluding carboxylic acids is 2. The zero-order valence-corrected chi connectivity index (χ0v) is 18.3. The molecule has 0 aliphatic carbocycles. The van der Waals surface area contributed by atoms with Gasteiger partial charge in [-0.15, -0.1) is 0 Å². The average molecular weight is 427 g/mol. The normalized spacial score (nSPS) is 14.0. The molecule has 0 radical (unpaired) electrons. The Morgan fingerprint density at radius 2 is 1.81 bits per heavy atom. The maximum Gasteiger partial charge on any atom is 0.410 e. The van der Waals surface area contributed by atoms with Crippen LogP contribution in [0.1, 0.15) is 19.4 Å². The summed E-state index contributed by atoms with van der Waals surface area (Å²) in [5.41, 5.74) is 8.32. The van der Waals surface area contributed by atoms with Gasteiger partial charge in [-0.25, -0.2) is 14.8 Å². The van der Waals surface area contributed by atoms with Crippen LogP contribution in [0.2, 0.25) is 0 Å². The predicted octanol–water partition coefficient (Wildman–Crippen LogP) is 1.73. The van der Waals surface area contributed by atoms with Crippen LogP contribution in [0.15, 0.2) is 36.7 Å². The fraction of sp³-hybridized carbons (Fsp3) is 0.455. The highest BCUT2D eigenvalue weighted by atomic mass is 16.6. The Morgan fingerprint density at radius 1 is 1.13 bits per heavy atom. The van der Waals surface area contributed by atoms with E-state index in [1.54, 1.807) is 29.2 Å². The summed E-state index contributed by atoms with van der Waals surface area (Å²) in [6, 6.07) is 7.95. The molecule has 9 nitrogen and oxygen atoms in total. The van der Waals surface area contributed by atoms with E-state index in [0.717, 1.165) is 16.7 Å². The second-order valence-corrected chi connectivity index (χ2v) is 7.83. The molecule has 1 saturated heterocycles. The number of aromatic nitrogens is 2. The zero-order chi connectivity index (χ0) is 22.4. The molecular formula is C22H30N6O3. The standard InChI is InChI=1S/C22H30N6O3/c1-16(2)31-22(30)28-9-7-27(8-10-28)21-24-13-19(14-25-21)18-6-4-5-17(11-18)15-26(3)20(29)12-23/h4-6,11,13-14,16H,7-10,12,15,23H2,1-3H3. The molecule has 2 aromatic rings. The number of benzene rings is 1. The molecule has 1 fully saturated rings. The van der Waals surface area contributed by atoms with Crippen molar-refractivity contribution in [1.29, 1.82) is 0 Å². The molecule has 3 rings (SSSR count). The van der Waals surface area contributed by atoms with Crippen LogP contribution in [0.25, 0.3) is 11.1 Å². The van der Waals surface area contributed by atoms with Gasteiger partial charge in [-0.3, -0.25) is 4.79 Å². The van der Waals surface area contributed by atoms with E-state index >= 15 is 0 Å². The Bertz CT molecular complexity index is 894. The maximum absolute atomic E-state index is 12.0. The van der Waals surface area contributed by atoms with E-state index < -0.39 is 0 Å². The van der Waals surface area contributed by atoms with Gasteiger partial charge in [-0.05, 0) is 31.0 Å². The number of ether oxygens (including phenoxy) is 1. The first kappa shape index (κ1) is 22.5. The van der Waals surface area contributed by atoms with Crippen LogP contribution in [0.4, 0.5) is 10.7 Å². The second kappa shape index (κ2) is 10.2. The van der Waals surface area contributed by atoms with Gasteiger partial charge in [0.2, 0.25) is 11.9 Å². The fourth-order valence-corrected chi connectivity index (χ4v) is 3.37. The smallest absolute Gasteiger partial charge is 0.410 e. The van der Waals surface area contributed by atoms with Gasteiger partial charge in [-0.2, -0.15) is 0 Å². The monoisotopic (exact) mass is 426 g/mol. The van der Waals surface area contributed by atoms with Crippen LogP contribution in [0.3, 0.4) is 0 Å². The molecule has 2 amide bonds. The molecule has 2 N–H and O–H groups in total. The number of hydrogen-bond acceptors (Lipinski definition) is 7. The number of rotatable bonds is 6. The van der Waals surface area contributed by atoms with Gasteiger partial charge in [0.25, 0.3) is 0 Å². The number of piperazine rings is 1. The summed E-state index contributed by atoms with van der Waals surface area (Å²) in [6.45, 7) is 6.65. The van der Waals surface area contributed by atoms with E-state index in [1.165, 1.54) is 0 Å². The molecule has 166 valence electrons. The summed E-state index contributed by atoms with van der Waals surface area (Å²) in [7, 11) is 1.74. The fourth-order valence-electron chi connectivity index (χ4n) is 3.37. The van der Waals surface area contributed by atoms with Gasteiger partial charge < -0.3 is 25.2 Å². The second-order valence-electron chi connectivity index (χ2n) is 7.83. The number of carbonyl (C=O) groups is 2. The number of amides is 2. The van der Waals surface area contributed by atoms with E-state index in [9.17, 15) is 9.59 Å². The van der Waals surface area contributed by atoms with Crippen LogP contribution in [-0.4, -0.2) is 77.6 Å². The summed E-state index contributed by atoms with van der Waals surface area (Å²) in [6.07, 6.45) is 3.21. The molecular weight excluding hydrogens is 396 g/mol. The minimum Gasteiger partial charge on any atom is -0.447 e. The van der Waals surface area contributed by atoms with Gasteiger partial charge in [0.15, 0.2) is 0 Å². The van der Waals surface area contributed by atoms with Crippen LogP contribution >= 0.6 is 0 Å². The van der Waals surface area contributed by atoms with E-state index in [4.69, 9.17) is 10.5 Å². The van der Waals surface area contributed by atoms with E-state index in [1.807, 2.05) is 38.1 Å². The minimum absolute atomic E-state index is 0.00133. The Labute approximate surface area is 182 Å². The van der Waals surface area contributed by atoms with Crippen molar-refractivity contribution >= 4 is 17.9 Å². The molecule has 1 aliphatic heterocycles. The van der Waals surface area contributed by atoms with Crippen LogP contribution in [0.5, 0.6) is 0 Å². The lowest BCUT2D eigenvalue weighted by Crippen LogP contribution is -2.49. The van der Waals surface area contributed by atoms with Crippen LogP contribution in [0, 0.1) is 0 Å². The van der Waals surface area contributed by atoms with Crippen molar-refractivity contribution in [2.75, 3.05) is 44.7 Å². The van der Waals surface area contributed by atoms with Crippen molar-refractivity contribution in [2.45, 2.75) is 26.5 Å². The molecule has 31 heavy (non-hydrogen) atoms. The molecule has 2 heterocycles. The number of likely N-dealkylation sites (N-methyl/N-ethyl adjacent to an activating group) is 1. The third-order valence-corrected chi connectivity index (χ3v) is 5.08. The Hall–Kier alpha value is -3.20. The Kier molecular flexibility index (Phi) is 7.41. The van der Waals surface area contributed by atoms with Gasteiger partial charge in [0, 0.05) is 57.7 Å². The highest BCUT2D eigenvalue weighted by molar-refractivity contribution is 5.77. The van der Waals surface area contributed by atoms with Crippen molar-refractivity contribution in [1.82, 2.24) is 19.8 Å². The van der Waals surface area contributed by atoms with Crippen molar-refractivity contribution in [3.8, 4) is 11.1 Å². The summed E-state index contributed by atoms with van der Waals surface area (Å²) in [5.74, 6) is 0.542. The third-order valence-electron chi connectivity index (χ3n) is 5.08. The van der Waals surface area contributed by atoms with Crippen molar-refractivity contribution in [2.24, 2.45) is 5.73 Å². The summed E-state index contributed by atoms with van der Waals surface area (Å²) < 4.78 is 5.26. The van der Waals surface area contributed by atoms with Crippen molar-refractivity contribution < 1.29 is 14.3 Å². The average Bonchev–Trinajstić information content (AvgIpc) is 2.78. The van der Waals surface area contributed by atoms with Gasteiger partial charge in [0.05, 0.1) is 12.6 Å². The number of hydrogen-bond donors (Lipinski definition) is 1. The number of anilines is 1. The molecule has 0 bridgehead atoms. The lowest BCUT2D eigenvalue weighted by Gasteiger charge is -2.34. The molecule has 0 saturated carbocycles. The van der Waals surface area contributed by atoms with Crippen molar-refractivity contribution in [3.05, 3.63) is 42.2 Å². The van der Waals surface area contributed by atoms with Gasteiger partial charge in [-0.1, -0.05) is 18.2 Å². The molecule has 1 aromatic carbocycles. The SMILES string of the molecule is CC(C)OC(=O)N1CCN(c2ncc(-c3cccc(CN(C)C(=O)CN)c3)cn2)CC1. The van der Waals surface area contributed by atoms with Crippen LogP contribution < -0.4 is 10.6 Å². The predicted molar refractivity (Wildman–Crippen MR) is 118 cm³/mol. The molecule has 0 spiro atoms. The Morgan fingerprint density at radius 3 is 2.42 bits per heavy atom. The maximum atomic E-state index is 12.0. The van der Waals surface area contributed by atoms with E-state index in [0.29, 0.717) is 38.7 Å². The molecule has 0 atom stereocenters. The van der Waals surface area contributed by atoms with E-state index in [-0.39, 0.29) is 24.6 Å². The summed E-state index contributed by atoms with van der Waals surface area (Å²) in [4.78, 5) is 38.2. The largest absolute Gasteiger partial charge is 0.447 e. The molecule has 1 aliphatic rings. The third kappa shape index (κ3) is 5.91. The van der Waals surface area contributed by atoms with Crippen molar-refractivity contribution in [3.63, 3.8) is 0 Å². The molecule has 1 aromatic heterocycles. The van der Waals surface area contributed by atoms with Crippen LogP contribution in [-0.2, 0) is 16.1 Å². The quantitative estimate of drug-likeness (QED) is 0.750. The first-order valence-corrected chi connectivity index (χ1v) is 10.4. The summed E-state index contributed by atoms with van der Waals surface area (Å²) in [5, 5.41) is 0.